The second-order valence-corrected chi connectivity index (χ2v) is 12.4. The molecule has 7 nitrogen and oxygen atoms in total. The van der Waals surface area contributed by atoms with Gasteiger partial charge in [-0.05, 0) is 69.1 Å². The van der Waals surface area contributed by atoms with Crippen molar-refractivity contribution in [1.82, 2.24) is 14.6 Å². The van der Waals surface area contributed by atoms with Crippen LogP contribution in [0.2, 0.25) is 0 Å². The number of ether oxygens (including phenoxy) is 1. The lowest BCUT2D eigenvalue weighted by molar-refractivity contribution is -0.160. The molecule has 1 aliphatic carbocycles. The quantitative estimate of drug-likeness (QED) is 0.308. The molecule has 2 unspecified atom stereocenters. The van der Waals surface area contributed by atoms with Crippen LogP contribution in [0.1, 0.15) is 57.9 Å². The lowest BCUT2D eigenvalue weighted by atomic mass is 9.97. The molecule has 2 aromatic carbocycles. The number of aliphatic carboxylic acids is 1. The second-order valence-electron chi connectivity index (χ2n) is 12.4. The van der Waals surface area contributed by atoms with Gasteiger partial charge in [0, 0.05) is 30.4 Å². The monoisotopic (exact) mass is 524 g/mol. The van der Waals surface area contributed by atoms with Crippen molar-refractivity contribution in [2.45, 2.75) is 59.2 Å². The minimum absolute atomic E-state index is 0.402. The maximum absolute atomic E-state index is 12.6. The summed E-state index contributed by atoms with van der Waals surface area (Å²) >= 11 is 0. The Kier molecular flexibility index (Phi) is 6.03. The summed E-state index contributed by atoms with van der Waals surface area (Å²) in [6, 6.07) is 20.6. The molecule has 1 saturated carbocycles. The van der Waals surface area contributed by atoms with Crippen molar-refractivity contribution < 1.29 is 14.6 Å². The Morgan fingerprint density at radius 3 is 2.49 bits per heavy atom. The Morgan fingerprint density at radius 1 is 1.08 bits per heavy atom. The molecule has 1 aliphatic heterocycles. The van der Waals surface area contributed by atoms with Crippen molar-refractivity contribution in [1.29, 1.82) is 0 Å². The van der Waals surface area contributed by atoms with Gasteiger partial charge < -0.3 is 14.7 Å². The van der Waals surface area contributed by atoms with Crippen LogP contribution >= 0.6 is 0 Å². The average molecular weight is 525 g/mol. The van der Waals surface area contributed by atoms with E-state index < -0.39 is 17.7 Å². The van der Waals surface area contributed by atoms with E-state index >= 15 is 0 Å². The van der Waals surface area contributed by atoms with E-state index in [0.717, 1.165) is 47.7 Å². The van der Waals surface area contributed by atoms with Crippen molar-refractivity contribution in [3.05, 3.63) is 71.9 Å². The summed E-state index contributed by atoms with van der Waals surface area (Å²) in [6.07, 6.45) is 1.13. The molecule has 0 radical (unpaired) electrons. The van der Waals surface area contributed by atoms with Gasteiger partial charge in [0.2, 0.25) is 0 Å². The van der Waals surface area contributed by atoms with Crippen molar-refractivity contribution in [2.24, 2.45) is 11.3 Å². The number of rotatable bonds is 6. The Balaban J connectivity index is 1.51. The third-order valence-corrected chi connectivity index (χ3v) is 8.26. The Morgan fingerprint density at radius 2 is 1.79 bits per heavy atom. The Bertz CT molecular complexity index is 1560. The van der Waals surface area contributed by atoms with Gasteiger partial charge in [-0.2, -0.15) is 9.61 Å². The number of piperidine rings is 1. The van der Waals surface area contributed by atoms with Crippen LogP contribution in [-0.4, -0.2) is 44.4 Å². The highest BCUT2D eigenvalue weighted by Gasteiger charge is 2.53. The van der Waals surface area contributed by atoms with Crippen molar-refractivity contribution >= 4 is 17.4 Å². The standard InChI is InChI=1S/C32H36N4O3/c1-20-27(28(30(37)38)39-31(2,3)4)29(35-15-14-32(5)18-24(32)19-35)36-26(33-20)17-25(34-36)23-13-9-12-22(16-23)21-10-7-6-8-11-21/h6-13,16-17,24,28H,14-15,18-19H2,1-5H3,(H,37,38)/t24?,28-,32?/m0/s1. The van der Waals surface area contributed by atoms with Gasteiger partial charge in [0.15, 0.2) is 11.8 Å². The highest BCUT2D eigenvalue weighted by atomic mass is 16.5. The van der Waals surface area contributed by atoms with Crippen LogP contribution in [0.4, 0.5) is 5.82 Å². The molecule has 3 heterocycles. The van der Waals surface area contributed by atoms with E-state index in [9.17, 15) is 9.90 Å². The smallest absolute Gasteiger partial charge is 0.337 e. The van der Waals surface area contributed by atoms with E-state index in [4.69, 9.17) is 14.8 Å². The number of carboxylic acid groups (broad SMARTS) is 1. The zero-order chi connectivity index (χ0) is 27.5. The normalized spacial score (nSPS) is 21.6. The number of fused-ring (bicyclic) bond motifs is 2. The fourth-order valence-corrected chi connectivity index (χ4v) is 5.98. The van der Waals surface area contributed by atoms with Gasteiger partial charge in [0.05, 0.1) is 16.9 Å². The number of nitrogens with zero attached hydrogens (tertiary/aromatic N) is 4. The molecule has 6 rings (SSSR count). The van der Waals surface area contributed by atoms with E-state index in [1.807, 2.05) is 62.5 Å². The van der Waals surface area contributed by atoms with E-state index in [1.165, 1.54) is 6.42 Å². The summed E-state index contributed by atoms with van der Waals surface area (Å²) in [4.78, 5) is 19.8. The summed E-state index contributed by atoms with van der Waals surface area (Å²) < 4.78 is 8.00. The number of carbonyl (C=O) groups is 1. The van der Waals surface area contributed by atoms with Gasteiger partial charge in [-0.3, -0.25) is 0 Å². The van der Waals surface area contributed by atoms with Crippen LogP contribution in [0.3, 0.4) is 0 Å². The first kappa shape index (κ1) is 25.6. The molecule has 39 heavy (non-hydrogen) atoms. The Labute approximate surface area is 229 Å². The molecule has 2 aliphatic rings. The number of anilines is 1. The lowest BCUT2D eigenvalue weighted by Crippen LogP contribution is -2.38. The predicted molar refractivity (Wildman–Crippen MR) is 153 cm³/mol. The van der Waals surface area contributed by atoms with E-state index in [0.29, 0.717) is 28.2 Å². The number of hydrogen-bond acceptors (Lipinski definition) is 5. The summed E-state index contributed by atoms with van der Waals surface area (Å²) in [5, 5.41) is 15.4. The van der Waals surface area contributed by atoms with Gasteiger partial charge >= 0.3 is 5.97 Å². The average Bonchev–Trinajstić information content (AvgIpc) is 3.40. The van der Waals surface area contributed by atoms with Gasteiger partial charge in [-0.1, -0.05) is 55.5 Å². The van der Waals surface area contributed by atoms with Crippen LogP contribution < -0.4 is 4.90 Å². The predicted octanol–water partition coefficient (Wildman–Crippen LogP) is 6.55. The Hall–Kier alpha value is -3.71. The summed E-state index contributed by atoms with van der Waals surface area (Å²) in [7, 11) is 0. The molecule has 202 valence electrons. The van der Waals surface area contributed by atoms with E-state index in [1.54, 1.807) is 0 Å². The topological polar surface area (TPSA) is 80.0 Å². The number of aromatic nitrogens is 3. The molecule has 7 heteroatoms. The molecule has 0 amide bonds. The third kappa shape index (κ3) is 4.80. The van der Waals surface area contributed by atoms with Crippen LogP contribution in [0.15, 0.2) is 60.7 Å². The zero-order valence-corrected chi connectivity index (χ0v) is 23.3. The van der Waals surface area contributed by atoms with Crippen molar-refractivity contribution in [3.8, 4) is 22.4 Å². The first-order valence-corrected chi connectivity index (χ1v) is 13.7. The van der Waals surface area contributed by atoms with Gasteiger partial charge in [0.25, 0.3) is 0 Å². The van der Waals surface area contributed by atoms with Crippen LogP contribution in [0, 0.1) is 18.3 Å². The third-order valence-electron chi connectivity index (χ3n) is 8.26. The first-order valence-electron chi connectivity index (χ1n) is 13.7. The molecular weight excluding hydrogens is 488 g/mol. The maximum atomic E-state index is 12.6. The van der Waals surface area contributed by atoms with E-state index in [2.05, 4.69) is 42.2 Å². The minimum atomic E-state index is -1.15. The molecule has 0 bridgehead atoms. The summed E-state index contributed by atoms with van der Waals surface area (Å²) in [5.74, 6) is 0.368. The summed E-state index contributed by atoms with van der Waals surface area (Å²) in [5.41, 5.74) is 5.75. The van der Waals surface area contributed by atoms with Crippen molar-refractivity contribution in [2.75, 3.05) is 18.0 Å². The molecule has 1 saturated heterocycles. The van der Waals surface area contributed by atoms with E-state index in [-0.39, 0.29) is 0 Å². The number of benzene rings is 2. The molecule has 2 fully saturated rings. The maximum Gasteiger partial charge on any atom is 0.337 e. The SMILES string of the molecule is Cc1nc2cc(-c3cccc(-c4ccccc4)c3)nn2c(N2CCC3(C)CC3C2)c1[C@H](OC(C)(C)C)C(=O)O. The largest absolute Gasteiger partial charge is 0.479 e. The first-order chi connectivity index (χ1) is 18.5. The lowest BCUT2D eigenvalue weighted by Gasteiger charge is -2.35. The minimum Gasteiger partial charge on any atom is -0.479 e. The molecule has 3 atom stereocenters. The number of aryl methyl sites for hydroxylation is 1. The van der Waals surface area contributed by atoms with Gasteiger partial charge in [-0.25, -0.2) is 9.78 Å². The molecular formula is C32H36N4O3. The van der Waals surface area contributed by atoms with Crippen molar-refractivity contribution in [3.63, 3.8) is 0 Å². The number of hydrogen-bond donors (Lipinski definition) is 1. The fourth-order valence-electron chi connectivity index (χ4n) is 5.98. The number of carboxylic acids is 1. The van der Waals surface area contributed by atoms with Gasteiger partial charge in [0.1, 0.15) is 5.82 Å². The molecule has 4 aromatic rings. The van der Waals surface area contributed by atoms with Crippen LogP contribution in [-0.2, 0) is 9.53 Å². The van der Waals surface area contributed by atoms with Gasteiger partial charge in [-0.15, -0.1) is 0 Å². The fraction of sp³-hybridized carbons (Fsp3) is 0.406. The zero-order valence-electron chi connectivity index (χ0n) is 23.3. The molecule has 1 N–H and O–H groups in total. The second kappa shape index (κ2) is 9.19. The van der Waals surface area contributed by atoms with Crippen LogP contribution in [0.25, 0.3) is 28.0 Å². The summed E-state index contributed by atoms with van der Waals surface area (Å²) in [6.45, 7) is 11.6. The highest BCUT2D eigenvalue weighted by Crippen LogP contribution is 2.58. The molecule has 2 aromatic heterocycles. The molecule has 0 spiro atoms. The highest BCUT2D eigenvalue weighted by molar-refractivity contribution is 5.79. The van der Waals surface area contributed by atoms with Crippen LogP contribution in [0.5, 0.6) is 0 Å².